The molecule has 0 saturated heterocycles. The number of nitro groups is 1. The number of hydrogen-bond donors (Lipinski definition) is 2. The van der Waals surface area contributed by atoms with Crippen molar-refractivity contribution in [3.63, 3.8) is 0 Å². The normalized spacial score (nSPS) is 9.47. The van der Waals surface area contributed by atoms with Gasteiger partial charge in [-0.3, -0.25) is 14.9 Å². The lowest BCUT2D eigenvalue weighted by atomic mass is 10.1. The molecule has 2 N–H and O–H groups in total. The molecule has 0 aliphatic rings. The van der Waals surface area contributed by atoms with Gasteiger partial charge in [0.1, 0.15) is 5.56 Å². The highest BCUT2D eigenvalue weighted by Gasteiger charge is 2.19. The third kappa shape index (κ3) is 2.22. The summed E-state index contributed by atoms with van der Waals surface area (Å²) in [6.07, 6.45) is 0. The van der Waals surface area contributed by atoms with Crippen LogP contribution in [0.15, 0.2) is 18.2 Å². The lowest BCUT2D eigenvalue weighted by molar-refractivity contribution is -0.385. The molecule has 0 aliphatic carbocycles. The van der Waals surface area contributed by atoms with E-state index < -0.39 is 10.8 Å². The lowest BCUT2D eigenvalue weighted by Crippen LogP contribution is -2.19. The Labute approximate surface area is 86.4 Å². The van der Waals surface area contributed by atoms with Gasteiger partial charge in [-0.15, -0.1) is 0 Å². The van der Waals surface area contributed by atoms with Crippen molar-refractivity contribution in [1.82, 2.24) is 5.32 Å². The van der Waals surface area contributed by atoms with Gasteiger partial charge in [-0.2, -0.15) is 0 Å². The number of nitrogens with one attached hydrogen (secondary N) is 2. The summed E-state index contributed by atoms with van der Waals surface area (Å²) < 4.78 is 0. The zero-order chi connectivity index (χ0) is 11.4. The van der Waals surface area contributed by atoms with Gasteiger partial charge < -0.3 is 10.6 Å². The minimum Gasteiger partial charge on any atom is -0.388 e. The van der Waals surface area contributed by atoms with E-state index in [9.17, 15) is 14.9 Å². The lowest BCUT2D eigenvalue weighted by Gasteiger charge is -2.04. The van der Waals surface area contributed by atoms with Crippen LogP contribution in [0.1, 0.15) is 10.4 Å². The molecule has 0 fully saturated rings. The highest BCUT2D eigenvalue weighted by atomic mass is 16.6. The number of anilines is 1. The maximum atomic E-state index is 11.4. The van der Waals surface area contributed by atoms with Gasteiger partial charge in [-0.25, -0.2) is 0 Å². The SMILES string of the molecule is CNC(=O)c1cc(NC)ccc1[N+](=O)[O-]. The van der Waals surface area contributed by atoms with Crippen LogP contribution >= 0.6 is 0 Å². The maximum Gasteiger partial charge on any atom is 0.282 e. The Bertz CT molecular complexity index is 404. The van der Waals surface area contributed by atoms with Crippen LogP contribution in [-0.4, -0.2) is 24.9 Å². The van der Waals surface area contributed by atoms with Gasteiger partial charge in [0.25, 0.3) is 11.6 Å². The van der Waals surface area contributed by atoms with Crippen LogP contribution in [0.5, 0.6) is 0 Å². The quantitative estimate of drug-likeness (QED) is 0.574. The molecule has 80 valence electrons. The first kappa shape index (κ1) is 11.0. The fraction of sp³-hybridized carbons (Fsp3) is 0.222. The minimum absolute atomic E-state index is 0.0503. The van der Waals surface area contributed by atoms with Crippen molar-refractivity contribution in [2.45, 2.75) is 0 Å². The summed E-state index contributed by atoms with van der Waals surface area (Å²) in [6, 6.07) is 4.29. The van der Waals surface area contributed by atoms with Crippen molar-refractivity contribution in [1.29, 1.82) is 0 Å². The maximum absolute atomic E-state index is 11.4. The molecule has 0 heterocycles. The molecule has 1 rings (SSSR count). The van der Waals surface area contributed by atoms with E-state index in [-0.39, 0.29) is 11.3 Å². The van der Waals surface area contributed by atoms with E-state index in [0.717, 1.165) is 0 Å². The van der Waals surface area contributed by atoms with E-state index in [2.05, 4.69) is 10.6 Å². The summed E-state index contributed by atoms with van der Waals surface area (Å²) in [5.74, 6) is -0.473. The van der Waals surface area contributed by atoms with Gasteiger partial charge in [0.2, 0.25) is 0 Å². The van der Waals surface area contributed by atoms with E-state index in [1.807, 2.05) is 0 Å². The molecule has 0 atom stereocenters. The standard InChI is InChI=1S/C9H11N3O3/c1-10-6-3-4-8(12(14)15)7(5-6)9(13)11-2/h3-5,10H,1-2H3,(H,11,13). The summed E-state index contributed by atoms with van der Waals surface area (Å²) in [5.41, 5.74) is 0.502. The molecule has 6 heteroatoms. The zero-order valence-corrected chi connectivity index (χ0v) is 8.40. The van der Waals surface area contributed by atoms with Crippen LogP contribution in [0, 0.1) is 10.1 Å². The van der Waals surface area contributed by atoms with Gasteiger partial charge in [-0.05, 0) is 12.1 Å². The highest BCUT2D eigenvalue weighted by molar-refractivity contribution is 5.98. The van der Waals surface area contributed by atoms with Crippen LogP contribution in [-0.2, 0) is 0 Å². The summed E-state index contributed by atoms with van der Waals surface area (Å²) in [5, 5.41) is 15.8. The van der Waals surface area contributed by atoms with Gasteiger partial charge in [0, 0.05) is 25.8 Å². The summed E-state index contributed by atoms with van der Waals surface area (Å²) in [6.45, 7) is 0. The van der Waals surface area contributed by atoms with Crippen LogP contribution in [0.3, 0.4) is 0 Å². The monoisotopic (exact) mass is 209 g/mol. The predicted molar refractivity (Wildman–Crippen MR) is 56.0 cm³/mol. The molecule has 6 nitrogen and oxygen atoms in total. The number of carbonyl (C=O) groups excluding carboxylic acids is 1. The molecule has 0 aromatic heterocycles. The fourth-order valence-corrected chi connectivity index (χ4v) is 1.17. The van der Waals surface area contributed by atoms with E-state index >= 15 is 0 Å². The van der Waals surface area contributed by atoms with Crippen molar-refractivity contribution in [2.75, 3.05) is 19.4 Å². The minimum atomic E-state index is -0.579. The predicted octanol–water partition coefficient (Wildman–Crippen LogP) is 0.996. The van der Waals surface area contributed by atoms with Crippen LogP contribution in [0.2, 0.25) is 0 Å². The van der Waals surface area contributed by atoms with E-state index in [1.54, 1.807) is 13.1 Å². The number of nitrogens with zero attached hydrogens (tertiary/aromatic N) is 1. The second-order valence-electron chi connectivity index (χ2n) is 2.82. The number of hydrogen-bond acceptors (Lipinski definition) is 4. The second-order valence-corrected chi connectivity index (χ2v) is 2.82. The Morgan fingerprint density at radius 1 is 1.40 bits per heavy atom. The Kier molecular flexibility index (Phi) is 3.22. The third-order valence-electron chi connectivity index (χ3n) is 1.95. The van der Waals surface area contributed by atoms with Crippen molar-refractivity contribution in [3.05, 3.63) is 33.9 Å². The Morgan fingerprint density at radius 3 is 2.53 bits per heavy atom. The van der Waals surface area contributed by atoms with Crippen LogP contribution in [0.25, 0.3) is 0 Å². The third-order valence-corrected chi connectivity index (χ3v) is 1.95. The van der Waals surface area contributed by atoms with Crippen LogP contribution < -0.4 is 10.6 Å². The van der Waals surface area contributed by atoms with Crippen LogP contribution in [0.4, 0.5) is 11.4 Å². The topological polar surface area (TPSA) is 84.3 Å². The largest absolute Gasteiger partial charge is 0.388 e. The molecular weight excluding hydrogens is 198 g/mol. The molecule has 0 spiro atoms. The first-order chi connectivity index (χ1) is 7.10. The van der Waals surface area contributed by atoms with Crippen molar-refractivity contribution < 1.29 is 9.72 Å². The Morgan fingerprint density at radius 2 is 2.07 bits per heavy atom. The molecule has 15 heavy (non-hydrogen) atoms. The summed E-state index contributed by atoms with van der Waals surface area (Å²) in [7, 11) is 3.10. The zero-order valence-electron chi connectivity index (χ0n) is 8.40. The molecule has 0 unspecified atom stereocenters. The van der Waals surface area contributed by atoms with E-state index in [0.29, 0.717) is 5.69 Å². The molecule has 0 aliphatic heterocycles. The first-order valence-electron chi connectivity index (χ1n) is 4.28. The van der Waals surface area contributed by atoms with Crippen molar-refractivity contribution >= 4 is 17.3 Å². The smallest absolute Gasteiger partial charge is 0.282 e. The van der Waals surface area contributed by atoms with Gasteiger partial charge >= 0.3 is 0 Å². The van der Waals surface area contributed by atoms with Gasteiger partial charge in [0.05, 0.1) is 4.92 Å². The molecule has 1 aromatic carbocycles. The van der Waals surface area contributed by atoms with E-state index in [1.165, 1.54) is 19.2 Å². The van der Waals surface area contributed by atoms with Gasteiger partial charge in [0.15, 0.2) is 0 Å². The second kappa shape index (κ2) is 4.41. The molecule has 1 amide bonds. The number of carbonyl (C=O) groups is 1. The molecular formula is C9H11N3O3. The molecule has 0 bridgehead atoms. The molecule has 1 aromatic rings. The number of amides is 1. The average molecular weight is 209 g/mol. The molecule has 0 saturated carbocycles. The fourth-order valence-electron chi connectivity index (χ4n) is 1.17. The van der Waals surface area contributed by atoms with Crippen molar-refractivity contribution in [3.8, 4) is 0 Å². The van der Waals surface area contributed by atoms with Gasteiger partial charge in [-0.1, -0.05) is 0 Å². The molecule has 0 radical (unpaired) electrons. The highest BCUT2D eigenvalue weighted by Crippen LogP contribution is 2.22. The summed E-state index contributed by atoms with van der Waals surface area (Å²) in [4.78, 5) is 21.4. The first-order valence-corrected chi connectivity index (χ1v) is 4.28. The summed E-state index contributed by atoms with van der Waals surface area (Å²) >= 11 is 0. The Balaban J connectivity index is 3.28. The van der Waals surface area contributed by atoms with E-state index in [4.69, 9.17) is 0 Å². The number of benzene rings is 1. The number of nitro benzene ring substituents is 1. The number of rotatable bonds is 3. The average Bonchev–Trinajstić information content (AvgIpc) is 2.26. The Hall–Kier alpha value is -2.11. The van der Waals surface area contributed by atoms with Crippen molar-refractivity contribution in [2.24, 2.45) is 0 Å².